The molecule has 0 bridgehead atoms. The summed E-state index contributed by atoms with van der Waals surface area (Å²) in [6.07, 6.45) is -0.470. The number of alkyl halides is 1. The Balaban J connectivity index is 1.62. The average molecular weight is 878 g/mol. The molecular formula is C36H64INO15. The standard InChI is InChI=1S/C36H64INO15/c37-6-8-40-10-12-42-14-16-44-18-20-46-22-24-48-26-28-50-30-32-52-33-31-51-29-27-49-25-23-47-21-19-45-17-15-43-13-11-41-9-7-38-36(39)53-34-35-4-2-1-3-5-35/h1-5H,6-34H2,(H,38,39). The fourth-order valence-electron chi connectivity index (χ4n) is 3.79. The molecule has 0 spiro atoms. The minimum absolute atomic E-state index is 0.236. The summed E-state index contributed by atoms with van der Waals surface area (Å²) in [6.45, 7) is 13.9. The minimum atomic E-state index is -0.470. The Morgan fingerprint density at radius 2 is 0.660 bits per heavy atom. The van der Waals surface area contributed by atoms with Crippen LogP contribution in [0.15, 0.2) is 30.3 Å². The summed E-state index contributed by atoms with van der Waals surface area (Å²) in [5.41, 5.74) is 0.937. The molecule has 0 radical (unpaired) electrons. The molecular weight excluding hydrogens is 813 g/mol. The SMILES string of the molecule is O=C(NCCOCCOCCOCCOCCOCCOCCOCCOCCOCCOCCOCCOCCOCCI)OCc1ccccc1. The van der Waals surface area contributed by atoms with Gasteiger partial charge in [0.1, 0.15) is 6.61 Å². The van der Waals surface area contributed by atoms with Crippen molar-refractivity contribution in [2.75, 3.05) is 183 Å². The van der Waals surface area contributed by atoms with E-state index in [9.17, 15) is 4.79 Å². The predicted octanol–water partition coefficient (Wildman–Crippen LogP) is 2.56. The Bertz CT molecular complexity index is 865. The molecule has 17 heteroatoms. The Morgan fingerprint density at radius 3 is 0.943 bits per heavy atom. The van der Waals surface area contributed by atoms with Crippen LogP contribution in [-0.4, -0.2) is 189 Å². The van der Waals surface area contributed by atoms with Gasteiger partial charge >= 0.3 is 6.09 Å². The number of rotatable bonds is 43. The maximum atomic E-state index is 11.7. The van der Waals surface area contributed by atoms with Crippen molar-refractivity contribution >= 4 is 28.7 Å². The van der Waals surface area contributed by atoms with Crippen molar-refractivity contribution in [1.82, 2.24) is 5.32 Å². The number of alkyl carbamates (subject to hydrolysis) is 1. The Kier molecular flexibility index (Phi) is 40.7. The molecule has 0 saturated heterocycles. The lowest BCUT2D eigenvalue weighted by atomic mass is 10.2. The van der Waals surface area contributed by atoms with Crippen molar-refractivity contribution in [2.45, 2.75) is 6.61 Å². The first-order chi connectivity index (χ1) is 26.3. The zero-order valence-electron chi connectivity index (χ0n) is 31.4. The van der Waals surface area contributed by atoms with Crippen LogP contribution in [0.3, 0.4) is 0 Å². The third-order valence-electron chi connectivity index (χ3n) is 6.41. The van der Waals surface area contributed by atoms with E-state index in [1.54, 1.807) is 0 Å². The first-order valence-corrected chi connectivity index (χ1v) is 19.9. The van der Waals surface area contributed by atoms with E-state index in [2.05, 4.69) is 27.9 Å². The Morgan fingerprint density at radius 1 is 0.396 bits per heavy atom. The topological polar surface area (TPSA) is 158 Å². The monoisotopic (exact) mass is 877 g/mol. The fourth-order valence-corrected chi connectivity index (χ4v) is 4.11. The van der Waals surface area contributed by atoms with E-state index < -0.39 is 6.09 Å². The van der Waals surface area contributed by atoms with Crippen molar-refractivity contribution in [3.63, 3.8) is 0 Å². The summed E-state index contributed by atoms with van der Waals surface area (Å²) >= 11 is 2.28. The van der Waals surface area contributed by atoms with E-state index in [1.165, 1.54) is 0 Å². The van der Waals surface area contributed by atoms with Gasteiger partial charge in [0.05, 0.1) is 172 Å². The molecule has 0 saturated carbocycles. The van der Waals surface area contributed by atoms with Crippen molar-refractivity contribution < 1.29 is 71.1 Å². The maximum Gasteiger partial charge on any atom is 0.407 e. The summed E-state index contributed by atoms with van der Waals surface area (Å²) in [5.74, 6) is 0. The molecule has 0 unspecified atom stereocenters. The maximum absolute atomic E-state index is 11.7. The number of hydrogen-bond acceptors (Lipinski definition) is 15. The van der Waals surface area contributed by atoms with Gasteiger partial charge in [0.2, 0.25) is 0 Å². The molecule has 0 heterocycles. The molecule has 0 aliphatic rings. The molecule has 1 aromatic carbocycles. The lowest BCUT2D eigenvalue weighted by Crippen LogP contribution is -2.28. The van der Waals surface area contributed by atoms with Gasteiger partial charge in [-0.25, -0.2) is 4.79 Å². The molecule has 0 atom stereocenters. The quantitative estimate of drug-likeness (QED) is 0.0580. The number of halogens is 1. The highest BCUT2D eigenvalue weighted by Crippen LogP contribution is 2.00. The van der Waals surface area contributed by atoms with Crippen LogP contribution in [0.5, 0.6) is 0 Å². The Hall–Kier alpha value is -1.30. The van der Waals surface area contributed by atoms with Gasteiger partial charge in [-0.3, -0.25) is 0 Å². The molecule has 0 aliphatic carbocycles. The number of nitrogens with one attached hydrogen (secondary N) is 1. The zero-order chi connectivity index (χ0) is 37.8. The fraction of sp³-hybridized carbons (Fsp3) is 0.806. The molecule has 1 rings (SSSR count). The van der Waals surface area contributed by atoms with Crippen LogP contribution >= 0.6 is 22.6 Å². The molecule has 1 aromatic rings. The van der Waals surface area contributed by atoms with Gasteiger partial charge in [-0.2, -0.15) is 0 Å². The largest absolute Gasteiger partial charge is 0.445 e. The molecule has 53 heavy (non-hydrogen) atoms. The van der Waals surface area contributed by atoms with Crippen molar-refractivity contribution in [3.8, 4) is 0 Å². The first-order valence-electron chi connectivity index (χ1n) is 18.3. The molecule has 0 aromatic heterocycles. The van der Waals surface area contributed by atoms with Crippen LogP contribution in [0, 0.1) is 0 Å². The summed E-state index contributed by atoms with van der Waals surface area (Å²) in [5, 5.41) is 2.64. The summed E-state index contributed by atoms with van der Waals surface area (Å²) in [4.78, 5) is 11.7. The highest BCUT2D eigenvalue weighted by Gasteiger charge is 2.02. The van der Waals surface area contributed by atoms with E-state index in [0.29, 0.717) is 172 Å². The van der Waals surface area contributed by atoms with Crippen molar-refractivity contribution in [2.24, 2.45) is 0 Å². The van der Waals surface area contributed by atoms with E-state index in [-0.39, 0.29) is 6.61 Å². The van der Waals surface area contributed by atoms with Gasteiger partial charge in [-0.1, -0.05) is 52.9 Å². The average Bonchev–Trinajstić information content (AvgIpc) is 3.18. The number of hydrogen-bond donors (Lipinski definition) is 1. The van der Waals surface area contributed by atoms with E-state index >= 15 is 0 Å². The van der Waals surface area contributed by atoms with Crippen molar-refractivity contribution in [3.05, 3.63) is 35.9 Å². The summed E-state index contributed by atoms with van der Waals surface area (Å²) in [7, 11) is 0. The van der Waals surface area contributed by atoms with Crippen LogP contribution in [0.2, 0.25) is 0 Å². The smallest absolute Gasteiger partial charge is 0.407 e. The zero-order valence-corrected chi connectivity index (χ0v) is 33.6. The second-order valence-corrected chi connectivity index (χ2v) is 11.7. The normalized spacial score (nSPS) is 11.3. The summed E-state index contributed by atoms with van der Waals surface area (Å²) < 4.78 is 77.0. The second-order valence-electron chi connectivity index (χ2n) is 10.6. The minimum Gasteiger partial charge on any atom is -0.445 e. The summed E-state index contributed by atoms with van der Waals surface area (Å²) in [6, 6.07) is 9.51. The van der Waals surface area contributed by atoms with E-state index in [4.69, 9.17) is 66.3 Å². The van der Waals surface area contributed by atoms with Crippen LogP contribution in [0.25, 0.3) is 0 Å². The number of benzene rings is 1. The molecule has 0 fully saturated rings. The van der Waals surface area contributed by atoms with E-state index in [0.717, 1.165) is 16.6 Å². The molecule has 16 nitrogen and oxygen atoms in total. The van der Waals surface area contributed by atoms with Crippen molar-refractivity contribution in [1.29, 1.82) is 0 Å². The highest BCUT2D eigenvalue weighted by molar-refractivity contribution is 14.1. The number of amides is 1. The van der Waals surface area contributed by atoms with Gasteiger partial charge in [0.15, 0.2) is 0 Å². The Labute approximate surface area is 329 Å². The second kappa shape index (κ2) is 43.4. The van der Waals surface area contributed by atoms with Gasteiger partial charge in [-0.05, 0) is 5.56 Å². The molecule has 310 valence electrons. The predicted molar refractivity (Wildman–Crippen MR) is 204 cm³/mol. The van der Waals surface area contributed by atoms with Crippen LogP contribution < -0.4 is 5.32 Å². The number of carbonyl (C=O) groups excluding carboxylic acids is 1. The first kappa shape index (κ1) is 49.7. The van der Waals surface area contributed by atoms with Gasteiger partial charge in [0.25, 0.3) is 0 Å². The van der Waals surface area contributed by atoms with E-state index in [1.807, 2.05) is 30.3 Å². The lowest BCUT2D eigenvalue weighted by molar-refractivity contribution is -0.0289. The molecule has 1 amide bonds. The van der Waals surface area contributed by atoms with Gasteiger partial charge in [0, 0.05) is 11.0 Å². The van der Waals surface area contributed by atoms with Gasteiger partial charge in [-0.15, -0.1) is 0 Å². The number of ether oxygens (including phenoxy) is 14. The van der Waals surface area contributed by atoms with Crippen LogP contribution in [0.1, 0.15) is 5.56 Å². The van der Waals surface area contributed by atoms with Crippen LogP contribution in [0.4, 0.5) is 4.79 Å². The van der Waals surface area contributed by atoms with Gasteiger partial charge < -0.3 is 71.6 Å². The highest BCUT2D eigenvalue weighted by atomic mass is 127. The lowest BCUT2D eigenvalue weighted by Gasteiger charge is -2.09. The molecule has 1 N–H and O–H groups in total. The van der Waals surface area contributed by atoms with Crippen LogP contribution in [-0.2, 0) is 72.9 Å². The third-order valence-corrected chi connectivity index (χ3v) is 6.85. The third kappa shape index (κ3) is 40.2. The molecule has 0 aliphatic heterocycles. The number of carbonyl (C=O) groups is 1.